The van der Waals surface area contributed by atoms with Gasteiger partial charge in [0.25, 0.3) is 5.91 Å². The Balaban J connectivity index is 1.76. The van der Waals surface area contributed by atoms with Crippen molar-refractivity contribution in [3.8, 4) is 0 Å². The van der Waals surface area contributed by atoms with Crippen molar-refractivity contribution in [1.29, 1.82) is 0 Å². The summed E-state index contributed by atoms with van der Waals surface area (Å²) in [4.78, 5) is 23.2. The number of aliphatic hydroxyl groups is 1. The zero-order chi connectivity index (χ0) is 14.4. The van der Waals surface area contributed by atoms with Crippen molar-refractivity contribution in [2.75, 3.05) is 0 Å². The molecule has 0 unspecified atom stereocenters. The predicted molar refractivity (Wildman–Crippen MR) is 75.3 cm³/mol. The van der Waals surface area contributed by atoms with Crippen molar-refractivity contribution >= 4 is 5.91 Å². The molecule has 2 heterocycles. The van der Waals surface area contributed by atoms with Gasteiger partial charge in [0.05, 0.1) is 6.10 Å². The Kier molecular flexibility index (Phi) is 2.59. The Bertz CT molecular complexity index is 696. The molecule has 4 rings (SSSR count). The topological polar surface area (TPSA) is 66.3 Å². The lowest BCUT2D eigenvalue weighted by Gasteiger charge is -2.49. The summed E-state index contributed by atoms with van der Waals surface area (Å²) in [5.74, 6) is 0.626. The molecular weight excluding hydrogens is 266 g/mol. The Morgan fingerprint density at radius 3 is 2.52 bits per heavy atom. The van der Waals surface area contributed by atoms with Crippen LogP contribution in [0.25, 0.3) is 0 Å². The molecule has 1 aromatic carbocycles. The molecule has 0 saturated heterocycles. The number of fused-ring (bicyclic) bond motifs is 1. The normalized spacial score (nSPS) is 27.4. The summed E-state index contributed by atoms with van der Waals surface area (Å²) in [5.41, 5.74) is 1.20. The van der Waals surface area contributed by atoms with E-state index in [1.54, 1.807) is 18.5 Å². The maximum Gasteiger partial charge on any atom is 0.255 e. The fraction of sp³-hybridized carbons (Fsp3) is 0.312. The summed E-state index contributed by atoms with van der Waals surface area (Å²) < 4.78 is 0. The van der Waals surface area contributed by atoms with Crippen molar-refractivity contribution < 1.29 is 9.90 Å². The molecule has 0 atom stereocenters. The predicted octanol–water partition coefficient (Wildman–Crippen LogP) is 1.48. The van der Waals surface area contributed by atoms with Gasteiger partial charge in [0.1, 0.15) is 5.54 Å². The smallest absolute Gasteiger partial charge is 0.255 e. The van der Waals surface area contributed by atoms with E-state index in [2.05, 4.69) is 9.97 Å². The Labute approximate surface area is 122 Å². The van der Waals surface area contributed by atoms with Gasteiger partial charge in [-0.05, 0) is 17.7 Å². The number of rotatable bonds is 2. The van der Waals surface area contributed by atoms with E-state index >= 15 is 0 Å². The average Bonchev–Trinajstić information content (AvgIpc) is 2.83. The minimum absolute atomic E-state index is 0.00459. The SMILES string of the molecule is O=C1c2ccccc2CN1C1(c2ncccn2)CC(O)C1. The van der Waals surface area contributed by atoms with Crippen LogP contribution in [-0.2, 0) is 12.1 Å². The van der Waals surface area contributed by atoms with Crippen molar-refractivity contribution in [2.45, 2.75) is 31.0 Å². The Morgan fingerprint density at radius 1 is 1.14 bits per heavy atom. The second kappa shape index (κ2) is 4.36. The third-order valence-electron chi connectivity index (χ3n) is 4.47. The van der Waals surface area contributed by atoms with E-state index in [1.807, 2.05) is 29.2 Å². The summed E-state index contributed by atoms with van der Waals surface area (Å²) in [6.07, 6.45) is 3.96. The van der Waals surface area contributed by atoms with Gasteiger partial charge in [-0.15, -0.1) is 0 Å². The molecule has 1 fully saturated rings. The summed E-state index contributed by atoms with van der Waals surface area (Å²) in [5, 5.41) is 9.81. The zero-order valence-corrected chi connectivity index (χ0v) is 11.4. The number of amides is 1. The molecule has 21 heavy (non-hydrogen) atoms. The molecule has 1 N–H and O–H groups in total. The van der Waals surface area contributed by atoms with Crippen LogP contribution < -0.4 is 0 Å². The van der Waals surface area contributed by atoms with Crippen LogP contribution in [-0.4, -0.2) is 32.0 Å². The lowest BCUT2D eigenvalue weighted by Crippen LogP contribution is -2.57. The van der Waals surface area contributed by atoms with Gasteiger partial charge in [-0.2, -0.15) is 0 Å². The first-order valence-corrected chi connectivity index (χ1v) is 7.06. The van der Waals surface area contributed by atoms with E-state index in [0.717, 1.165) is 11.1 Å². The van der Waals surface area contributed by atoms with E-state index in [0.29, 0.717) is 25.2 Å². The molecule has 1 amide bonds. The highest BCUT2D eigenvalue weighted by molar-refractivity contribution is 5.98. The molecule has 2 aromatic rings. The van der Waals surface area contributed by atoms with Gasteiger partial charge >= 0.3 is 0 Å². The maximum atomic E-state index is 12.7. The van der Waals surface area contributed by atoms with Crippen LogP contribution in [0.2, 0.25) is 0 Å². The van der Waals surface area contributed by atoms with Crippen molar-refractivity contribution in [1.82, 2.24) is 14.9 Å². The number of nitrogens with zero attached hydrogens (tertiary/aromatic N) is 3. The van der Waals surface area contributed by atoms with E-state index in [9.17, 15) is 9.90 Å². The monoisotopic (exact) mass is 281 g/mol. The summed E-state index contributed by atoms with van der Waals surface area (Å²) in [6.45, 7) is 0.556. The Morgan fingerprint density at radius 2 is 1.86 bits per heavy atom. The summed E-state index contributed by atoms with van der Waals surface area (Å²) in [6, 6.07) is 9.40. The van der Waals surface area contributed by atoms with Crippen molar-refractivity contribution in [3.63, 3.8) is 0 Å². The average molecular weight is 281 g/mol. The highest BCUT2D eigenvalue weighted by Gasteiger charge is 2.55. The Hall–Kier alpha value is -2.27. The minimum atomic E-state index is -0.573. The molecule has 0 spiro atoms. The third-order valence-corrected chi connectivity index (χ3v) is 4.47. The van der Waals surface area contributed by atoms with Crippen LogP contribution in [0, 0.1) is 0 Å². The highest BCUT2D eigenvalue weighted by atomic mass is 16.3. The first kappa shape index (κ1) is 12.5. The fourth-order valence-electron chi connectivity index (χ4n) is 3.38. The third kappa shape index (κ3) is 1.70. The van der Waals surface area contributed by atoms with Gasteiger partial charge < -0.3 is 10.0 Å². The second-order valence-electron chi connectivity index (χ2n) is 5.71. The summed E-state index contributed by atoms with van der Waals surface area (Å²) >= 11 is 0. The van der Waals surface area contributed by atoms with E-state index in [1.165, 1.54) is 0 Å². The minimum Gasteiger partial charge on any atom is -0.393 e. The quantitative estimate of drug-likeness (QED) is 0.905. The lowest BCUT2D eigenvalue weighted by atomic mass is 9.72. The largest absolute Gasteiger partial charge is 0.393 e. The molecule has 0 radical (unpaired) electrons. The van der Waals surface area contributed by atoms with Gasteiger partial charge in [0, 0.05) is 37.3 Å². The molecule has 1 saturated carbocycles. The van der Waals surface area contributed by atoms with E-state index in [-0.39, 0.29) is 5.91 Å². The maximum absolute atomic E-state index is 12.7. The second-order valence-corrected chi connectivity index (χ2v) is 5.71. The van der Waals surface area contributed by atoms with Gasteiger partial charge in [0.2, 0.25) is 0 Å². The number of carbonyl (C=O) groups is 1. The van der Waals surface area contributed by atoms with Gasteiger partial charge in [0.15, 0.2) is 5.82 Å². The van der Waals surface area contributed by atoms with E-state index < -0.39 is 11.6 Å². The molecule has 1 aromatic heterocycles. The van der Waals surface area contributed by atoms with Crippen LogP contribution >= 0.6 is 0 Å². The molecule has 106 valence electrons. The van der Waals surface area contributed by atoms with E-state index in [4.69, 9.17) is 0 Å². The molecule has 1 aliphatic carbocycles. The van der Waals surface area contributed by atoms with Crippen molar-refractivity contribution in [3.05, 3.63) is 59.7 Å². The van der Waals surface area contributed by atoms with Crippen LogP contribution in [0.5, 0.6) is 0 Å². The first-order chi connectivity index (χ1) is 10.2. The van der Waals surface area contributed by atoms with Gasteiger partial charge in [-0.1, -0.05) is 18.2 Å². The van der Waals surface area contributed by atoms with Gasteiger partial charge in [-0.3, -0.25) is 4.79 Å². The number of benzene rings is 1. The fourth-order valence-corrected chi connectivity index (χ4v) is 3.38. The number of aromatic nitrogens is 2. The lowest BCUT2D eigenvalue weighted by molar-refractivity contribution is -0.0693. The summed E-state index contributed by atoms with van der Waals surface area (Å²) in [7, 11) is 0. The molecule has 1 aliphatic heterocycles. The van der Waals surface area contributed by atoms with Crippen molar-refractivity contribution in [2.24, 2.45) is 0 Å². The van der Waals surface area contributed by atoms with Crippen LogP contribution in [0.3, 0.4) is 0 Å². The zero-order valence-electron chi connectivity index (χ0n) is 11.4. The number of hydrogen-bond donors (Lipinski definition) is 1. The van der Waals surface area contributed by atoms with Crippen LogP contribution in [0.4, 0.5) is 0 Å². The standard InChI is InChI=1S/C16H15N3O2/c20-12-8-16(9-12,15-17-6-3-7-18-15)19-10-11-4-1-2-5-13(11)14(19)21/h1-7,12,20H,8-10H2. The first-order valence-electron chi connectivity index (χ1n) is 7.06. The number of hydrogen-bond acceptors (Lipinski definition) is 4. The molecule has 5 nitrogen and oxygen atoms in total. The number of carbonyl (C=O) groups excluding carboxylic acids is 1. The molecule has 5 heteroatoms. The number of aliphatic hydroxyl groups excluding tert-OH is 1. The molecule has 0 bridgehead atoms. The van der Waals surface area contributed by atoms with Crippen LogP contribution in [0.1, 0.15) is 34.6 Å². The van der Waals surface area contributed by atoms with Crippen LogP contribution in [0.15, 0.2) is 42.7 Å². The highest BCUT2D eigenvalue weighted by Crippen LogP contribution is 2.48. The molecule has 2 aliphatic rings. The van der Waals surface area contributed by atoms with Gasteiger partial charge in [-0.25, -0.2) is 9.97 Å². The molecular formula is C16H15N3O2.